The zero-order valence-corrected chi connectivity index (χ0v) is 31.6. The van der Waals surface area contributed by atoms with Crippen molar-refractivity contribution >= 4 is 60.5 Å². The molecule has 0 aliphatic carbocycles. The van der Waals surface area contributed by atoms with Gasteiger partial charge in [-0.2, -0.15) is 0 Å². The third-order valence-electron chi connectivity index (χ3n) is 11.2. The first-order valence-electron chi connectivity index (χ1n) is 19.7. The molecule has 2 aromatic heterocycles. The van der Waals surface area contributed by atoms with Gasteiger partial charge in [-0.05, 0) is 87.6 Å². The number of hydrogen-bond donors (Lipinski definition) is 0. The van der Waals surface area contributed by atoms with Gasteiger partial charge in [-0.3, -0.25) is 4.57 Å². The number of benzene rings is 9. The summed E-state index contributed by atoms with van der Waals surface area (Å²) in [7, 11) is 0. The second-order valence-corrected chi connectivity index (χ2v) is 14.7. The second kappa shape index (κ2) is 14.0. The average Bonchev–Trinajstić information content (AvgIpc) is 3.63. The number of rotatable bonds is 7. The van der Waals surface area contributed by atoms with Crippen LogP contribution in [0.5, 0.6) is 0 Å². The molecule has 2 heterocycles. The van der Waals surface area contributed by atoms with Crippen LogP contribution in [0.25, 0.3) is 82.9 Å². The van der Waals surface area contributed by atoms with Gasteiger partial charge in [0.25, 0.3) is 0 Å². The summed E-state index contributed by atoms with van der Waals surface area (Å²) < 4.78 is 2.23. The molecule has 0 radical (unpaired) electrons. The Morgan fingerprint density at radius 2 is 0.879 bits per heavy atom. The summed E-state index contributed by atoms with van der Waals surface area (Å²) >= 11 is 0. The van der Waals surface area contributed by atoms with Crippen molar-refractivity contribution in [3.05, 3.63) is 218 Å². The molecule has 0 saturated heterocycles. The second-order valence-electron chi connectivity index (χ2n) is 14.7. The SMILES string of the molecule is c1ccc(-c2ccc(-c3nc(-n4c5ccccc5c5ccc(-c6ccc(N(c7ccccc7)c7ccc8ccccc8c7)cc6)cc54)nc4ccccc34)cc2)cc1. The maximum absolute atomic E-state index is 5.37. The summed E-state index contributed by atoms with van der Waals surface area (Å²) in [5.74, 6) is 0.647. The van der Waals surface area contributed by atoms with Crippen LogP contribution in [0.4, 0.5) is 17.1 Å². The van der Waals surface area contributed by atoms with Crippen molar-refractivity contribution in [2.75, 3.05) is 4.90 Å². The molecule has 0 spiro atoms. The molecular formula is C54H36N4. The molecule has 4 heteroatoms. The topological polar surface area (TPSA) is 34.0 Å². The lowest BCUT2D eigenvalue weighted by Gasteiger charge is -2.26. The van der Waals surface area contributed by atoms with Crippen LogP contribution in [0, 0.1) is 0 Å². The first-order valence-corrected chi connectivity index (χ1v) is 19.7. The lowest BCUT2D eigenvalue weighted by molar-refractivity contribution is 1.01. The summed E-state index contributed by atoms with van der Waals surface area (Å²) in [6.45, 7) is 0. The van der Waals surface area contributed by atoms with Crippen molar-refractivity contribution in [2.45, 2.75) is 0 Å². The quantitative estimate of drug-likeness (QED) is 0.163. The van der Waals surface area contributed by atoms with E-state index in [1.165, 1.54) is 27.3 Å². The molecule has 0 unspecified atom stereocenters. The fourth-order valence-corrected chi connectivity index (χ4v) is 8.34. The third kappa shape index (κ3) is 5.87. The Balaban J connectivity index is 1.03. The van der Waals surface area contributed by atoms with Gasteiger partial charge in [0.2, 0.25) is 5.95 Å². The molecule has 0 fully saturated rings. The molecule has 0 N–H and O–H groups in total. The molecule has 11 aromatic rings. The normalized spacial score (nSPS) is 11.4. The van der Waals surface area contributed by atoms with E-state index in [-0.39, 0.29) is 0 Å². The summed E-state index contributed by atoms with van der Waals surface area (Å²) in [6.07, 6.45) is 0. The van der Waals surface area contributed by atoms with Crippen LogP contribution < -0.4 is 4.90 Å². The maximum atomic E-state index is 5.37. The van der Waals surface area contributed by atoms with E-state index in [0.717, 1.165) is 66.8 Å². The molecule has 0 aliphatic heterocycles. The van der Waals surface area contributed by atoms with E-state index in [0.29, 0.717) is 5.95 Å². The van der Waals surface area contributed by atoms with Crippen LogP contribution in [0.3, 0.4) is 0 Å². The zero-order chi connectivity index (χ0) is 38.4. The molecule has 11 rings (SSSR count). The molecule has 0 saturated carbocycles. The van der Waals surface area contributed by atoms with Gasteiger partial charge < -0.3 is 4.90 Å². The fourth-order valence-electron chi connectivity index (χ4n) is 8.34. The Hall–Kier alpha value is -7.82. The van der Waals surface area contributed by atoms with E-state index in [9.17, 15) is 0 Å². The summed E-state index contributed by atoms with van der Waals surface area (Å²) in [6, 6.07) is 77.5. The highest BCUT2D eigenvalue weighted by atomic mass is 15.2. The number of aromatic nitrogens is 3. The minimum absolute atomic E-state index is 0.647. The molecule has 0 bridgehead atoms. The van der Waals surface area contributed by atoms with Crippen LogP contribution in [-0.2, 0) is 0 Å². The van der Waals surface area contributed by atoms with Crippen molar-refractivity contribution in [3.63, 3.8) is 0 Å². The van der Waals surface area contributed by atoms with E-state index < -0.39 is 0 Å². The van der Waals surface area contributed by atoms with Crippen molar-refractivity contribution < 1.29 is 0 Å². The lowest BCUT2D eigenvalue weighted by atomic mass is 10.0. The molecule has 58 heavy (non-hydrogen) atoms. The summed E-state index contributed by atoms with van der Waals surface area (Å²) in [5, 5.41) is 5.79. The van der Waals surface area contributed by atoms with Gasteiger partial charge in [-0.25, -0.2) is 9.97 Å². The maximum Gasteiger partial charge on any atom is 0.235 e. The van der Waals surface area contributed by atoms with Crippen LogP contribution in [0.1, 0.15) is 0 Å². The lowest BCUT2D eigenvalue weighted by Crippen LogP contribution is -2.09. The van der Waals surface area contributed by atoms with Crippen molar-refractivity contribution in [2.24, 2.45) is 0 Å². The molecule has 0 atom stereocenters. The Morgan fingerprint density at radius 3 is 1.69 bits per heavy atom. The molecule has 0 aliphatic rings. The number of hydrogen-bond acceptors (Lipinski definition) is 3. The van der Waals surface area contributed by atoms with Crippen molar-refractivity contribution in [3.8, 4) is 39.5 Å². The molecular weight excluding hydrogens is 705 g/mol. The van der Waals surface area contributed by atoms with Crippen molar-refractivity contribution in [1.82, 2.24) is 14.5 Å². The standard InChI is InChI=1S/C54H36N4/c1-3-13-37(14-4-1)39-23-25-41(26-24-39)53-49-20-9-11-21-50(49)55-54(56-53)58-51-22-12-10-19-47(51)48-34-30-43(36-52(48)58)40-27-31-45(32-28-40)57(44-17-5-2-6-18-44)46-33-29-38-15-7-8-16-42(38)35-46/h1-36H. The first kappa shape index (κ1) is 33.5. The van der Waals surface area contributed by atoms with Crippen molar-refractivity contribution in [1.29, 1.82) is 0 Å². The highest BCUT2D eigenvalue weighted by Crippen LogP contribution is 2.39. The van der Waals surface area contributed by atoms with Gasteiger partial charge in [0.15, 0.2) is 0 Å². The predicted molar refractivity (Wildman–Crippen MR) is 242 cm³/mol. The minimum Gasteiger partial charge on any atom is -0.310 e. The van der Waals surface area contributed by atoms with E-state index in [4.69, 9.17) is 9.97 Å². The summed E-state index contributed by atoms with van der Waals surface area (Å²) in [5.41, 5.74) is 12.9. The third-order valence-corrected chi connectivity index (χ3v) is 11.2. The van der Waals surface area contributed by atoms with E-state index in [2.05, 4.69) is 216 Å². The summed E-state index contributed by atoms with van der Waals surface area (Å²) in [4.78, 5) is 12.9. The Labute approximate surface area is 336 Å². The zero-order valence-electron chi connectivity index (χ0n) is 31.6. The first-order chi connectivity index (χ1) is 28.7. The number of para-hydroxylation sites is 3. The molecule has 9 aromatic carbocycles. The van der Waals surface area contributed by atoms with E-state index in [1.54, 1.807) is 0 Å². The van der Waals surface area contributed by atoms with Gasteiger partial charge in [0.1, 0.15) is 0 Å². The fraction of sp³-hybridized carbons (Fsp3) is 0. The average molecular weight is 741 g/mol. The Bertz CT molecular complexity index is 3260. The van der Waals surface area contributed by atoms with E-state index >= 15 is 0 Å². The van der Waals surface area contributed by atoms with Gasteiger partial charge in [-0.1, -0.05) is 164 Å². The van der Waals surface area contributed by atoms with Crippen LogP contribution in [0.15, 0.2) is 218 Å². The van der Waals surface area contributed by atoms with Gasteiger partial charge in [-0.15, -0.1) is 0 Å². The smallest absolute Gasteiger partial charge is 0.235 e. The predicted octanol–water partition coefficient (Wildman–Crippen LogP) is 14.4. The van der Waals surface area contributed by atoms with E-state index in [1.807, 2.05) is 12.1 Å². The minimum atomic E-state index is 0.647. The number of nitrogens with zero attached hydrogens (tertiary/aromatic N) is 4. The van der Waals surface area contributed by atoms with Gasteiger partial charge in [0, 0.05) is 38.8 Å². The van der Waals surface area contributed by atoms with Crippen LogP contribution >= 0.6 is 0 Å². The molecule has 0 amide bonds. The highest BCUT2D eigenvalue weighted by molar-refractivity contribution is 6.10. The monoisotopic (exact) mass is 740 g/mol. The van der Waals surface area contributed by atoms with Gasteiger partial charge >= 0.3 is 0 Å². The largest absolute Gasteiger partial charge is 0.310 e. The highest BCUT2D eigenvalue weighted by Gasteiger charge is 2.19. The van der Waals surface area contributed by atoms with Gasteiger partial charge in [0.05, 0.1) is 22.2 Å². The molecule has 4 nitrogen and oxygen atoms in total. The number of fused-ring (bicyclic) bond motifs is 5. The molecule has 272 valence electrons. The van der Waals surface area contributed by atoms with Crippen LogP contribution in [0.2, 0.25) is 0 Å². The Morgan fingerprint density at radius 1 is 0.328 bits per heavy atom. The number of anilines is 3. The Kier molecular flexibility index (Phi) is 8.11. The van der Waals surface area contributed by atoms with Crippen LogP contribution in [-0.4, -0.2) is 14.5 Å².